The molecule has 18 heavy (non-hydrogen) atoms. The van der Waals surface area contributed by atoms with E-state index in [1.165, 1.54) is 0 Å². The molecule has 106 valence electrons. The van der Waals surface area contributed by atoms with Crippen LogP contribution in [-0.4, -0.2) is 73.9 Å². The molecule has 0 atom stereocenters. The van der Waals surface area contributed by atoms with Crippen molar-refractivity contribution < 1.29 is 56.7 Å². The molecule has 8 nitrogen and oxygen atoms in total. The summed E-state index contributed by atoms with van der Waals surface area (Å²) in [5.74, 6) is -3.33. The Balaban J connectivity index is -0.0000000257. The molecule has 0 heterocycles. The first-order valence-corrected chi connectivity index (χ1v) is 3.71. The summed E-state index contributed by atoms with van der Waals surface area (Å²) in [5, 5.41) is 29.7. The molecule has 0 aliphatic heterocycles. The summed E-state index contributed by atoms with van der Waals surface area (Å²) in [6.45, 7) is 4.33. The van der Waals surface area contributed by atoms with Crippen molar-refractivity contribution in [1.82, 2.24) is 0 Å². The minimum atomic E-state index is -0.833. The number of aliphatic carboxylic acids is 4. The maximum atomic E-state index is 9.00. The summed E-state index contributed by atoms with van der Waals surface area (Å²) in [6, 6.07) is 0. The van der Waals surface area contributed by atoms with Crippen LogP contribution in [-0.2, 0) is 36.2 Å². The van der Waals surface area contributed by atoms with Crippen molar-refractivity contribution >= 4 is 53.4 Å². The van der Waals surface area contributed by atoms with Gasteiger partial charge in [0.2, 0.25) is 0 Å². The molecular formula is C8H17FeNaO8. The van der Waals surface area contributed by atoms with Crippen LogP contribution in [0.25, 0.3) is 0 Å². The Labute approximate surface area is 137 Å². The van der Waals surface area contributed by atoms with Crippen molar-refractivity contribution in [3.05, 3.63) is 0 Å². The first-order valence-electron chi connectivity index (χ1n) is 3.71. The van der Waals surface area contributed by atoms with Gasteiger partial charge in [-0.15, -0.1) is 0 Å². The van der Waals surface area contributed by atoms with E-state index >= 15 is 0 Å². The molecule has 0 aliphatic carbocycles. The van der Waals surface area contributed by atoms with Gasteiger partial charge >= 0.3 is 29.6 Å². The van der Waals surface area contributed by atoms with Gasteiger partial charge in [-0.05, 0) is 0 Å². The average Bonchev–Trinajstić information content (AvgIpc) is 1.76. The second-order valence-electron chi connectivity index (χ2n) is 2.08. The Bertz CT molecular complexity index is 167. The van der Waals surface area contributed by atoms with Crippen LogP contribution < -0.4 is 0 Å². The zero-order valence-corrected chi connectivity index (χ0v) is 10.9. The normalized spacial score (nSPS) is 5.56. The fourth-order valence-electron chi connectivity index (χ4n) is 0. The van der Waals surface area contributed by atoms with Gasteiger partial charge in [0.15, 0.2) is 0 Å². The molecule has 0 aromatic rings. The van der Waals surface area contributed by atoms with Crippen molar-refractivity contribution in [1.29, 1.82) is 0 Å². The van der Waals surface area contributed by atoms with E-state index in [4.69, 9.17) is 39.6 Å². The molecule has 0 saturated carbocycles. The molecule has 0 radical (unpaired) electrons. The quantitative estimate of drug-likeness (QED) is 0.445. The molecule has 4 N–H and O–H groups in total. The van der Waals surface area contributed by atoms with Crippen LogP contribution in [0.1, 0.15) is 27.7 Å². The summed E-state index contributed by atoms with van der Waals surface area (Å²) >= 11 is 0. The molecule has 0 bridgehead atoms. The Morgan fingerprint density at radius 2 is 0.556 bits per heavy atom. The van der Waals surface area contributed by atoms with E-state index in [2.05, 4.69) is 0 Å². The summed E-state index contributed by atoms with van der Waals surface area (Å²) in [6.07, 6.45) is 0. The van der Waals surface area contributed by atoms with Crippen molar-refractivity contribution in [2.75, 3.05) is 0 Å². The van der Waals surface area contributed by atoms with Gasteiger partial charge in [-0.25, -0.2) is 0 Å². The van der Waals surface area contributed by atoms with Crippen molar-refractivity contribution in [2.45, 2.75) is 27.7 Å². The predicted octanol–water partition coefficient (Wildman–Crippen LogP) is -0.287. The molecule has 0 amide bonds. The van der Waals surface area contributed by atoms with Gasteiger partial charge in [-0.2, -0.15) is 0 Å². The fraction of sp³-hybridized carbons (Fsp3) is 0.500. The van der Waals surface area contributed by atoms with E-state index < -0.39 is 23.9 Å². The number of carboxylic acid groups (broad SMARTS) is 4. The third kappa shape index (κ3) is 8850. The Morgan fingerprint density at radius 1 is 0.556 bits per heavy atom. The van der Waals surface area contributed by atoms with E-state index in [9.17, 15) is 0 Å². The Hall–Kier alpha value is -0.601. The van der Waals surface area contributed by atoms with Crippen molar-refractivity contribution in [3.8, 4) is 0 Å². The summed E-state index contributed by atoms with van der Waals surface area (Å²) in [4.78, 5) is 36.0. The Morgan fingerprint density at radius 3 is 0.556 bits per heavy atom. The second kappa shape index (κ2) is 29.9. The molecule has 0 rings (SSSR count). The van der Waals surface area contributed by atoms with E-state index in [-0.39, 0.29) is 46.6 Å². The van der Waals surface area contributed by atoms with Crippen LogP contribution in [0.5, 0.6) is 0 Å². The molecule has 0 saturated heterocycles. The first-order chi connectivity index (χ1) is 6.93. The molecule has 0 spiro atoms. The van der Waals surface area contributed by atoms with Gasteiger partial charge < -0.3 is 20.4 Å². The number of carboxylic acids is 4. The van der Waals surface area contributed by atoms with Gasteiger partial charge in [-0.3, -0.25) is 19.2 Å². The maximum absolute atomic E-state index is 9.00. The van der Waals surface area contributed by atoms with Crippen LogP contribution in [0.3, 0.4) is 0 Å². The fourth-order valence-corrected chi connectivity index (χ4v) is 0. The van der Waals surface area contributed by atoms with Crippen LogP contribution in [0.15, 0.2) is 0 Å². The van der Waals surface area contributed by atoms with Gasteiger partial charge in [0.25, 0.3) is 23.9 Å². The van der Waals surface area contributed by atoms with E-state index in [1.54, 1.807) is 0 Å². The van der Waals surface area contributed by atoms with Crippen LogP contribution in [0.4, 0.5) is 0 Å². The third-order valence-electron chi connectivity index (χ3n) is 0. The van der Waals surface area contributed by atoms with Gasteiger partial charge in [0.1, 0.15) is 0 Å². The topological polar surface area (TPSA) is 149 Å². The summed E-state index contributed by atoms with van der Waals surface area (Å²) < 4.78 is 0. The standard InChI is InChI=1S/4C2H4O2.Fe.Na.H/c4*1-2(3)4;;;/h4*1H3,(H,3,4);;;. The summed E-state index contributed by atoms with van der Waals surface area (Å²) in [5.41, 5.74) is 0. The molecule has 0 aromatic carbocycles. The number of rotatable bonds is 0. The van der Waals surface area contributed by atoms with E-state index in [0.29, 0.717) is 0 Å². The molecule has 0 aromatic heterocycles. The number of hydrogen-bond acceptors (Lipinski definition) is 4. The zero-order chi connectivity index (χ0) is 14.3. The van der Waals surface area contributed by atoms with Crippen molar-refractivity contribution in [2.24, 2.45) is 0 Å². The van der Waals surface area contributed by atoms with Gasteiger partial charge in [-0.1, -0.05) is 0 Å². The first kappa shape index (κ1) is 36.0. The van der Waals surface area contributed by atoms with E-state index in [1.807, 2.05) is 0 Å². The number of hydrogen-bond donors (Lipinski definition) is 4. The number of carbonyl (C=O) groups is 4. The average molecular weight is 320 g/mol. The minimum absolute atomic E-state index is 0. The van der Waals surface area contributed by atoms with Crippen LogP contribution >= 0.6 is 0 Å². The Kier molecular flexibility index (Phi) is 59.9. The molecule has 10 heteroatoms. The van der Waals surface area contributed by atoms with E-state index in [0.717, 1.165) is 27.7 Å². The van der Waals surface area contributed by atoms with Crippen LogP contribution in [0.2, 0.25) is 0 Å². The second-order valence-corrected chi connectivity index (χ2v) is 2.08. The molecule has 0 aliphatic rings. The predicted molar refractivity (Wildman–Crippen MR) is 60.4 cm³/mol. The molecule has 0 fully saturated rings. The zero-order valence-electron chi connectivity index (χ0n) is 9.78. The summed E-state index contributed by atoms with van der Waals surface area (Å²) in [7, 11) is 0. The van der Waals surface area contributed by atoms with Crippen LogP contribution in [0, 0.1) is 0 Å². The molecular weight excluding hydrogens is 303 g/mol. The SMILES string of the molecule is CC(=O)O.CC(=O)O.CC(=O)O.CC(=O)O.[Fe].[NaH]. The molecule has 0 unspecified atom stereocenters. The van der Waals surface area contributed by atoms with Gasteiger partial charge in [0.05, 0.1) is 0 Å². The van der Waals surface area contributed by atoms with Gasteiger partial charge in [0, 0.05) is 44.8 Å². The van der Waals surface area contributed by atoms with Crippen molar-refractivity contribution in [3.63, 3.8) is 0 Å². The monoisotopic (exact) mass is 320 g/mol. The third-order valence-corrected chi connectivity index (χ3v) is 0.